The van der Waals surface area contributed by atoms with Gasteiger partial charge in [0.15, 0.2) is 11.5 Å². The van der Waals surface area contributed by atoms with Crippen LogP contribution in [0, 0.1) is 0 Å². The number of fused-ring (bicyclic) bond motifs is 1. The summed E-state index contributed by atoms with van der Waals surface area (Å²) in [6, 6.07) is 19.8. The van der Waals surface area contributed by atoms with Gasteiger partial charge in [-0.05, 0) is 55.0 Å². The van der Waals surface area contributed by atoms with Gasteiger partial charge in [0.25, 0.3) is 0 Å². The number of para-hydroxylation sites is 1. The number of methoxy groups -OCH3 is 2. The molecular weight excluding hydrogens is 492 g/mol. The van der Waals surface area contributed by atoms with E-state index in [4.69, 9.17) is 23.9 Å². The number of imidazole rings is 1. The van der Waals surface area contributed by atoms with Crippen molar-refractivity contribution in [2.24, 2.45) is 0 Å². The molecule has 0 bridgehead atoms. The predicted octanol–water partition coefficient (Wildman–Crippen LogP) is 5.60. The van der Waals surface area contributed by atoms with Crippen molar-refractivity contribution < 1.29 is 18.9 Å². The fourth-order valence-corrected chi connectivity index (χ4v) is 4.92. The van der Waals surface area contributed by atoms with Crippen molar-refractivity contribution >= 4 is 11.0 Å². The van der Waals surface area contributed by atoms with Crippen LogP contribution in [0.1, 0.15) is 19.8 Å². The van der Waals surface area contributed by atoms with Gasteiger partial charge < -0.3 is 28.8 Å². The van der Waals surface area contributed by atoms with Crippen molar-refractivity contribution in [3.05, 3.63) is 60.7 Å². The second-order valence-electron chi connectivity index (χ2n) is 9.65. The van der Waals surface area contributed by atoms with Gasteiger partial charge in [-0.25, -0.2) is 4.98 Å². The SMILES string of the molecule is CCCCn1c(-c2ccc(Oc3cccc(OC)c3OC)cc2)nc2ccc(OCCN3CCNCC3)cc21. The van der Waals surface area contributed by atoms with Gasteiger partial charge in [-0.1, -0.05) is 19.4 Å². The standard InChI is InChI=1S/C31H38N4O4/c1-4-5-17-35-27-22-25(38-21-20-34-18-15-32-16-19-34)13-14-26(27)33-31(35)23-9-11-24(12-10-23)39-29-8-6-7-28(36-2)30(29)37-3/h6-14,22,32H,4-5,15-21H2,1-3H3. The molecule has 0 radical (unpaired) electrons. The molecule has 0 saturated carbocycles. The number of rotatable bonds is 12. The van der Waals surface area contributed by atoms with Crippen LogP contribution in [-0.4, -0.2) is 68.0 Å². The molecule has 39 heavy (non-hydrogen) atoms. The molecule has 1 N–H and O–H groups in total. The summed E-state index contributed by atoms with van der Waals surface area (Å²) < 4.78 is 25.5. The minimum absolute atomic E-state index is 0.566. The number of nitrogens with zero attached hydrogens (tertiary/aromatic N) is 3. The zero-order valence-electron chi connectivity index (χ0n) is 23.1. The summed E-state index contributed by atoms with van der Waals surface area (Å²) in [4.78, 5) is 7.45. The number of hydrogen-bond donors (Lipinski definition) is 1. The molecule has 1 aliphatic rings. The number of hydrogen-bond acceptors (Lipinski definition) is 7. The van der Waals surface area contributed by atoms with Gasteiger partial charge in [-0.2, -0.15) is 0 Å². The van der Waals surface area contributed by atoms with Crippen LogP contribution in [0.3, 0.4) is 0 Å². The Morgan fingerprint density at radius 3 is 2.38 bits per heavy atom. The lowest BCUT2D eigenvalue weighted by molar-refractivity contribution is 0.191. The predicted molar refractivity (Wildman–Crippen MR) is 155 cm³/mol. The summed E-state index contributed by atoms with van der Waals surface area (Å²) in [5.41, 5.74) is 3.10. The van der Waals surface area contributed by atoms with E-state index in [9.17, 15) is 0 Å². The maximum atomic E-state index is 6.16. The lowest BCUT2D eigenvalue weighted by Gasteiger charge is -2.26. The van der Waals surface area contributed by atoms with Crippen LogP contribution in [0.25, 0.3) is 22.4 Å². The van der Waals surface area contributed by atoms with Gasteiger partial charge in [-0.15, -0.1) is 0 Å². The monoisotopic (exact) mass is 530 g/mol. The van der Waals surface area contributed by atoms with Crippen molar-refractivity contribution in [1.29, 1.82) is 0 Å². The van der Waals surface area contributed by atoms with E-state index in [1.54, 1.807) is 14.2 Å². The largest absolute Gasteiger partial charge is 0.493 e. The third kappa shape index (κ3) is 6.29. The number of nitrogens with one attached hydrogen (secondary N) is 1. The van der Waals surface area contributed by atoms with Crippen LogP contribution in [0.2, 0.25) is 0 Å². The third-order valence-electron chi connectivity index (χ3n) is 7.05. The number of aryl methyl sites for hydroxylation is 1. The Morgan fingerprint density at radius 1 is 0.872 bits per heavy atom. The highest BCUT2D eigenvalue weighted by molar-refractivity contribution is 5.82. The van der Waals surface area contributed by atoms with Crippen LogP contribution in [0.15, 0.2) is 60.7 Å². The quantitative estimate of drug-likeness (QED) is 0.256. The molecule has 206 valence electrons. The highest BCUT2D eigenvalue weighted by Crippen LogP contribution is 2.39. The summed E-state index contributed by atoms with van der Waals surface area (Å²) in [5.74, 6) is 4.34. The van der Waals surface area contributed by atoms with E-state index in [-0.39, 0.29) is 0 Å². The van der Waals surface area contributed by atoms with Crippen molar-refractivity contribution in [3.63, 3.8) is 0 Å². The highest BCUT2D eigenvalue weighted by Gasteiger charge is 2.16. The van der Waals surface area contributed by atoms with Crippen LogP contribution in [0.4, 0.5) is 0 Å². The average molecular weight is 531 g/mol. The Kier molecular flexibility index (Phi) is 8.85. The average Bonchev–Trinajstić information content (AvgIpc) is 3.34. The zero-order chi connectivity index (χ0) is 27.0. The molecule has 0 spiro atoms. The van der Waals surface area contributed by atoms with Crippen molar-refractivity contribution in [2.75, 3.05) is 53.6 Å². The minimum atomic E-state index is 0.566. The Balaban J connectivity index is 1.36. The molecule has 2 heterocycles. The van der Waals surface area contributed by atoms with E-state index in [0.717, 1.165) is 80.3 Å². The van der Waals surface area contributed by atoms with E-state index < -0.39 is 0 Å². The summed E-state index contributed by atoms with van der Waals surface area (Å²) in [7, 11) is 3.22. The first kappa shape index (κ1) is 26.8. The molecule has 0 unspecified atom stereocenters. The van der Waals surface area contributed by atoms with Crippen molar-refractivity contribution in [2.45, 2.75) is 26.3 Å². The first-order chi connectivity index (χ1) is 19.2. The second kappa shape index (κ2) is 12.9. The summed E-state index contributed by atoms with van der Waals surface area (Å²) in [6.07, 6.45) is 2.18. The molecule has 5 rings (SSSR count). The molecular formula is C31H38N4O4. The Morgan fingerprint density at radius 2 is 1.64 bits per heavy atom. The van der Waals surface area contributed by atoms with Crippen LogP contribution < -0.4 is 24.3 Å². The van der Waals surface area contributed by atoms with Gasteiger partial charge in [0.2, 0.25) is 5.75 Å². The molecule has 1 fully saturated rings. The summed E-state index contributed by atoms with van der Waals surface area (Å²) in [6.45, 7) is 8.98. The van der Waals surface area contributed by atoms with Crippen molar-refractivity contribution in [3.8, 4) is 40.1 Å². The number of benzene rings is 3. The molecule has 1 aliphatic heterocycles. The van der Waals surface area contributed by atoms with E-state index in [1.807, 2.05) is 36.4 Å². The molecule has 8 nitrogen and oxygen atoms in total. The van der Waals surface area contributed by atoms with E-state index >= 15 is 0 Å². The molecule has 1 saturated heterocycles. The van der Waals surface area contributed by atoms with E-state index in [0.29, 0.717) is 29.6 Å². The third-order valence-corrected chi connectivity index (χ3v) is 7.05. The van der Waals surface area contributed by atoms with E-state index in [1.165, 1.54) is 0 Å². The fourth-order valence-electron chi connectivity index (χ4n) is 4.92. The Bertz CT molecular complexity index is 1360. The number of aromatic nitrogens is 2. The lowest BCUT2D eigenvalue weighted by atomic mass is 10.2. The van der Waals surface area contributed by atoms with Gasteiger partial charge in [0.1, 0.15) is 23.9 Å². The smallest absolute Gasteiger partial charge is 0.203 e. The minimum Gasteiger partial charge on any atom is -0.493 e. The number of piperazine rings is 1. The van der Waals surface area contributed by atoms with Crippen molar-refractivity contribution in [1.82, 2.24) is 19.8 Å². The summed E-state index contributed by atoms with van der Waals surface area (Å²) >= 11 is 0. The molecule has 4 aromatic rings. The van der Waals surface area contributed by atoms with Crippen LogP contribution in [0.5, 0.6) is 28.7 Å². The van der Waals surface area contributed by atoms with Gasteiger partial charge in [0, 0.05) is 50.9 Å². The van der Waals surface area contributed by atoms with Crippen LogP contribution in [-0.2, 0) is 6.54 Å². The number of ether oxygens (including phenoxy) is 4. The van der Waals surface area contributed by atoms with Gasteiger partial charge >= 0.3 is 0 Å². The maximum absolute atomic E-state index is 6.16. The maximum Gasteiger partial charge on any atom is 0.203 e. The number of unbranched alkanes of at least 4 members (excludes halogenated alkanes) is 1. The molecule has 0 amide bonds. The Hall–Kier alpha value is -3.75. The first-order valence-corrected chi connectivity index (χ1v) is 13.8. The topological polar surface area (TPSA) is 70.0 Å². The molecule has 0 aliphatic carbocycles. The molecule has 3 aromatic carbocycles. The normalized spacial score (nSPS) is 13.9. The molecule has 0 atom stereocenters. The van der Waals surface area contributed by atoms with E-state index in [2.05, 4.69) is 46.0 Å². The van der Waals surface area contributed by atoms with Gasteiger partial charge in [-0.3, -0.25) is 4.90 Å². The second-order valence-corrected chi connectivity index (χ2v) is 9.65. The first-order valence-electron chi connectivity index (χ1n) is 13.8. The molecule has 8 heteroatoms. The highest BCUT2D eigenvalue weighted by atomic mass is 16.5. The summed E-state index contributed by atoms with van der Waals surface area (Å²) in [5, 5.41) is 3.40. The molecule has 1 aromatic heterocycles. The van der Waals surface area contributed by atoms with Crippen LogP contribution >= 0.6 is 0 Å². The van der Waals surface area contributed by atoms with Gasteiger partial charge in [0.05, 0.1) is 25.3 Å². The Labute approximate surface area is 230 Å². The fraction of sp³-hybridized carbons (Fsp3) is 0.387. The lowest BCUT2D eigenvalue weighted by Crippen LogP contribution is -2.44. The zero-order valence-corrected chi connectivity index (χ0v) is 23.1.